The molecule has 8 heteroatoms. The summed E-state index contributed by atoms with van der Waals surface area (Å²) in [5.41, 5.74) is 7.76. The molecule has 1 saturated heterocycles. The number of morpholine rings is 1. The molecule has 1 aliphatic rings. The topological polar surface area (TPSA) is 59.4 Å². The van der Waals surface area contributed by atoms with Crippen molar-refractivity contribution in [3.05, 3.63) is 94.1 Å². The summed E-state index contributed by atoms with van der Waals surface area (Å²) in [4.78, 5) is 12.7. The minimum Gasteiger partial charge on any atom is -0.388 e. The summed E-state index contributed by atoms with van der Waals surface area (Å²) in [6.45, 7) is 9.86. The van der Waals surface area contributed by atoms with Crippen LogP contribution in [-0.4, -0.2) is 53.7 Å². The highest BCUT2D eigenvalue weighted by Crippen LogP contribution is 2.29. The first-order chi connectivity index (χ1) is 18.4. The molecular weight excluding hydrogens is 516 g/mol. The number of halogens is 1. The van der Waals surface area contributed by atoms with Gasteiger partial charge in [-0.05, 0) is 74.2 Å². The highest BCUT2D eigenvalue weighted by atomic mass is 35.5. The molecule has 4 aromatic rings. The second kappa shape index (κ2) is 13.1. The summed E-state index contributed by atoms with van der Waals surface area (Å²) in [6.07, 6.45) is 2.59. The average Bonchev–Trinajstić information content (AvgIpc) is 3.35. The second-order valence-corrected chi connectivity index (χ2v) is 10.7. The Bertz CT molecular complexity index is 1380. The molecule has 3 aromatic carbocycles. The number of hydrogen-bond acceptors (Lipinski definition) is 6. The zero-order valence-corrected chi connectivity index (χ0v) is 23.8. The van der Waals surface area contributed by atoms with E-state index in [1.165, 1.54) is 21.7 Å². The van der Waals surface area contributed by atoms with Crippen molar-refractivity contribution in [2.45, 2.75) is 25.7 Å². The van der Waals surface area contributed by atoms with Crippen LogP contribution in [0.25, 0.3) is 16.9 Å². The van der Waals surface area contributed by atoms with Crippen LogP contribution in [0.3, 0.4) is 0 Å². The van der Waals surface area contributed by atoms with E-state index in [0.29, 0.717) is 16.3 Å². The summed E-state index contributed by atoms with van der Waals surface area (Å²) in [7, 11) is 1.95. The molecular formula is C30H33ClN4O2S. The quantitative estimate of drug-likeness (QED) is 0.207. The maximum atomic E-state index is 11.4. The van der Waals surface area contributed by atoms with E-state index in [2.05, 4.69) is 39.8 Å². The molecule has 38 heavy (non-hydrogen) atoms. The van der Waals surface area contributed by atoms with Gasteiger partial charge in [-0.15, -0.1) is 0 Å². The molecule has 5 rings (SSSR count). The molecule has 0 atom stereocenters. The van der Waals surface area contributed by atoms with Gasteiger partial charge in [-0.1, -0.05) is 47.5 Å². The Labute approximate surface area is 234 Å². The van der Waals surface area contributed by atoms with Gasteiger partial charge in [-0.2, -0.15) is 5.10 Å². The number of aromatic nitrogens is 2. The lowest BCUT2D eigenvalue weighted by atomic mass is 10.1. The van der Waals surface area contributed by atoms with E-state index < -0.39 is 0 Å². The fraction of sp³-hybridized carbons (Fsp3) is 0.267. The Morgan fingerprint density at radius 3 is 2.37 bits per heavy atom. The highest BCUT2D eigenvalue weighted by molar-refractivity contribution is 7.97. The lowest BCUT2D eigenvalue weighted by Crippen LogP contribution is -2.30. The molecule has 1 aromatic heterocycles. The first-order valence-electron chi connectivity index (χ1n) is 12.6. The third-order valence-electron chi connectivity index (χ3n) is 6.27. The fourth-order valence-corrected chi connectivity index (χ4v) is 5.27. The standard InChI is InChI=1S/C18H15ClN2O.C12H18N2OS/c1-12-3-5-14(6-4-12)18-15(11-22)10-21(20-18)17-8-7-16(19)9-13(17)2;1-10-3-4-11(13-2)9-12(10)16-14-5-7-15-8-6-14/h3-11H,1-2H3;3-4,9,13H,5-8H2,1-2H3. The van der Waals surface area contributed by atoms with Gasteiger partial charge in [0.2, 0.25) is 0 Å². The van der Waals surface area contributed by atoms with Crippen molar-refractivity contribution < 1.29 is 9.53 Å². The molecule has 0 aliphatic carbocycles. The number of anilines is 1. The number of aryl methyl sites for hydroxylation is 3. The van der Waals surface area contributed by atoms with Gasteiger partial charge in [-0.25, -0.2) is 8.99 Å². The summed E-state index contributed by atoms with van der Waals surface area (Å²) >= 11 is 7.83. The molecule has 0 radical (unpaired) electrons. The van der Waals surface area contributed by atoms with E-state index >= 15 is 0 Å². The van der Waals surface area contributed by atoms with Gasteiger partial charge >= 0.3 is 0 Å². The van der Waals surface area contributed by atoms with Crippen molar-refractivity contribution >= 4 is 35.5 Å². The summed E-state index contributed by atoms with van der Waals surface area (Å²) in [5, 5.41) is 8.44. The van der Waals surface area contributed by atoms with Crippen LogP contribution in [0, 0.1) is 20.8 Å². The number of ether oxygens (including phenoxy) is 1. The lowest BCUT2D eigenvalue weighted by Gasteiger charge is -2.26. The second-order valence-electron chi connectivity index (χ2n) is 9.16. The van der Waals surface area contributed by atoms with Crippen molar-refractivity contribution in [2.24, 2.45) is 0 Å². The van der Waals surface area contributed by atoms with Gasteiger partial charge < -0.3 is 10.1 Å². The third kappa shape index (κ3) is 7.05. The van der Waals surface area contributed by atoms with Crippen LogP contribution < -0.4 is 5.32 Å². The minimum atomic E-state index is 0.568. The molecule has 1 N–H and O–H groups in total. The van der Waals surface area contributed by atoms with Crippen LogP contribution >= 0.6 is 23.5 Å². The Kier molecular flexibility index (Phi) is 9.63. The fourth-order valence-electron chi connectivity index (χ4n) is 4.04. The molecule has 0 bridgehead atoms. The number of benzene rings is 3. The van der Waals surface area contributed by atoms with Crippen molar-refractivity contribution in [1.29, 1.82) is 0 Å². The number of hydrogen-bond donors (Lipinski definition) is 1. The summed E-state index contributed by atoms with van der Waals surface area (Å²) in [5.74, 6) is 0. The monoisotopic (exact) mass is 548 g/mol. The van der Waals surface area contributed by atoms with Crippen LogP contribution in [-0.2, 0) is 4.74 Å². The van der Waals surface area contributed by atoms with E-state index in [1.807, 2.05) is 75.3 Å². The first kappa shape index (κ1) is 27.9. The Hall–Kier alpha value is -3.10. The predicted molar refractivity (Wildman–Crippen MR) is 158 cm³/mol. The normalized spacial score (nSPS) is 13.5. The van der Waals surface area contributed by atoms with Crippen molar-refractivity contribution in [3.8, 4) is 16.9 Å². The van der Waals surface area contributed by atoms with Crippen LogP contribution in [0.1, 0.15) is 27.0 Å². The van der Waals surface area contributed by atoms with E-state index in [1.54, 1.807) is 10.9 Å². The Morgan fingerprint density at radius 1 is 0.974 bits per heavy atom. The number of nitrogens with one attached hydrogen (secondary N) is 1. The van der Waals surface area contributed by atoms with Crippen LogP contribution in [0.15, 0.2) is 71.8 Å². The average molecular weight is 549 g/mol. The molecule has 2 heterocycles. The number of carbonyl (C=O) groups excluding carboxylic acids is 1. The zero-order chi connectivity index (χ0) is 27.1. The van der Waals surface area contributed by atoms with Gasteiger partial charge in [0.25, 0.3) is 0 Å². The number of rotatable bonds is 6. The summed E-state index contributed by atoms with van der Waals surface area (Å²) in [6, 6.07) is 20.0. The first-order valence-corrected chi connectivity index (χ1v) is 13.7. The summed E-state index contributed by atoms with van der Waals surface area (Å²) < 4.78 is 9.44. The number of aldehydes is 1. The van der Waals surface area contributed by atoms with E-state index in [9.17, 15) is 4.79 Å². The van der Waals surface area contributed by atoms with Gasteiger partial charge in [0.15, 0.2) is 6.29 Å². The van der Waals surface area contributed by atoms with Crippen LogP contribution in [0.2, 0.25) is 5.02 Å². The van der Waals surface area contributed by atoms with Gasteiger partial charge in [-0.3, -0.25) is 4.79 Å². The molecule has 0 unspecified atom stereocenters. The molecule has 1 fully saturated rings. The SMILES string of the molecule is CNc1ccc(C)c(SN2CCOCC2)c1.Cc1ccc(-c2nn(-c3ccc(Cl)cc3C)cc2C=O)cc1. The minimum absolute atomic E-state index is 0.568. The van der Waals surface area contributed by atoms with Crippen molar-refractivity contribution in [1.82, 2.24) is 14.1 Å². The smallest absolute Gasteiger partial charge is 0.153 e. The molecule has 1 aliphatic heterocycles. The Balaban J connectivity index is 0.000000186. The van der Waals surface area contributed by atoms with Crippen LogP contribution in [0.5, 0.6) is 0 Å². The largest absolute Gasteiger partial charge is 0.388 e. The molecule has 198 valence electrons. The van der Waals surface area contributed by atoms with E-state index in [0.717, 1.165) is 49.4 Å². The van der Waals surface area contributed by atoms with Gasteiger partial charge in [0.05, 0.1) is 24.5 Å². The maximum Gasteiger partial charge on any atom is 0.153 e. The molecule has 0 saturated carbocycles. The maximum absolute atomic E-state index is 11.4. The van der Waals surface area contributed by atoms with Gasteiger partial charge in [0, 0.05) is 47.5 Å². The van der Waals surface area contributed by atoms with Gasteiger partial charge in [0.1, 0.15) is 5.69 Å². The van der Waals surface area contributed by atoms with Crippen LogP contribution in [0.4, 0.5) is 5.69 Å². The third-order valence-corrected chi connectivity index (χ3v) is 7.77. The van der Waals surface area contributed by atoms with E-state index in [-0.39, 0.29) is 0 Å². The van der Waals surface area contributed by atoms with E-state index in [4.69, 9.17) is 16.3 Å². The highest BCUT2D eigenvalue weighted by Gasteiger charge is 2.14. The zero-order valence-electron chi connectivity index (χ0n) is 22.2. The number of nitrogens with zero attached hydrogens (tertiary/aromatic N) is 3. The molecule has 0 spiro atoms. The molecule has 6 nitrogen and oxygen atoms in total. The number of carbonyl (C=O) groups is 1. The predicted octanol–water partition coefficient (Wildman–Crippen LogP) is 7.00. The molecule has 0 amide bonds. The Morgan fingerprint density at radius 2 is 1.71 bits per heavy atom. The van der Waals surface area contributed by atoms with Crippen molar-refractivity contribution in [3.63, 3.8) is 0 Å². The lowest BCUT2D eigenvalue weighted by molar-refractivity contribution is 0.0773. The van der Waals surface area contributed by atoms with Crippen molar-refractivity contribution in [2.75, 3.05) is 38.7 Å².